The average molecular weight is 309 g/mol. The van der Waals surface area contributed by atoms with Crippen molar-refractivity contribution < 1.29 is 4.42 Å². The second-order valence-electron chi connectivity index (χ2n) is 5.60. The van der Waals surface area contributed by atoms with Crippen molar-refractivity contribution in [1.29, 1.82) is 0 Å². The fraction of sp³-hybridized carbons (Fsp3) is 0.467. The zero-order chi connectivity index (χ0) is 14.0. The van der Waals surface area contributed by atoms with Crippen LogP contribution >= 0.6 is 12.4 Å². The topological polar surface area (TPSA) is 63.0 Å². The Morgan fingerprint density at radius 3 is 2.76 bits per heavy atom. The molecule has 1 aromatic carbocycles. The van der Waals surface area contributed by atoms with Gasteiger partial charge in [-0.2, -0.15) is 0 Å². The molecule has 114 valence electrons. The summed E-state index contributed by atoms with van der Waals surface area (Å²) in [4.78, 5) is 0. The summed E-state index contributed by atoms with van der Waals surface area (Å²) in [6.07, 6.45) is 3.29. The predicted molar refractivity (Wildman–Crippen MR) is 84.8 cm³/mol. The monoisotopic (exact) mass is 308 g/mol. The average Bonchev–Trinajstić information content (AvgIpc) is 3.00. The highest BCUT2D eigenvalue weighted by molar-refractivity contribution is 5.85. The molecule has 3 rings (SSSR count). The maximum absolute atomic E-state index is 5.57. The Bertz CT molecular complexity index is 595. The van der Waals surface area contributed by atoms with Crippen LogP contribution in [0.4, 0.5) is 6.01 Å². The van der Waals surface area contributed by atoms with Gasteiger partial charge in [0.05, 0.1) is 6.54 Å². The normalized spacial score (nSPS) is 15.3. The number of hydrogen-bond donors (Lipinski definition) is 2. The van der Waals surface area contributed by atoms with E-state index in [1.165, 1.54) is 11.1 Å². The fourth-order valence-electron chi connectivity index (χ4n) is 2.46. The van der Waals surface area contributed by atoms with Gasteiger partial charge in [-0.1, -0.05) is 34.9 Å². The van der Waals surface area contributed by atoms with Crippen LogP contribution in [-0.2, 0) is 13.0 Å². The number of aryl methyl sites for hydroxylation is 1. The number of rotatable bonds is 6. The largest absolute Gasteiger partial charge is 0.407 e. The highest BCUT2D eigenvalue weighted by Crippen LogP contribution is 2.41. The third-order valence-corrected chi connectivity index (χ3v) is 3.65. The van der Waals surface area contributed by atoms with Crippen molar-refractivity contribution in [2.45, 2.75) is 38.3 Å². The van der Waals surface area contributed by atoms with Crippen LogP contribution in [0.3, 0.4) is 0 Å². The quantitative estimate of drug-likeness (QED) is 0.859. The molecule has 6 heteroatoms. The Labute approximate surface area is 130 Å². The smallest absolute Gasteiger partial charge is 0.315 e. The summed E-state index contributed by atoms with van der Waals surface area (Å²) in [5.41, 5.74) is 2.74. The summed E-state index contributed by atoms with van der Waals surface area (Å²) in [5.74, 6) is 0.612. The Kier molecular flexibility index (Phi) is 4.85. The van der Waals surface area contributed by atoms with E-state index < -0.39 is 0 Å². The van der Waals surface area contributed by atoms with E-state index in [9.17, 15) is 0 Å². The number of benzene rings is 1. The third-order valence-electron chi connectivity index (χ3n) is 3.65. The summed E-state index contributed by atoms with van der Waals surface area (Å²) in [7, 11) is 1.86. The van der Waals surface area contributed by atoms with Crippen LogP contribution in [0.1, 0.15) is 29.9 Å². The van der Waals surface area contributed by atoms with Crippen molar-refractivity contribution in [2.24, 2.45) is 0 Å². The molecule has 0 unspecified atom stereocenters. The standard InChI is InChI=1S/C15H20N4O.ClH/c1-11-4-3-5-12(8-11)9-15(6-7-15)17-14-19-18-13(20-14)10-16-2;/h3-5,8,16H,6-7,9-10H2,1-2H3,(H,17,19);1H. The number of anilines is 1. The Morgan fingerprint density at radius 1 is 1.29 bits per heavy atom. The first-order valence-corrected chi connectivity index (χ1v) is 7.00. The lowest BCUT2D eigenvalue weighted by Crippen LogP contribution is -2.24. The second kappa shape index (κ2) is 6.45. The van der Waals surface area contributed by atoms with Gasteiger partial charge in [0.1, 0.15) is 0 Å². The zero-order valence-corrected chi connectivity index (χ0v) is 13.2. The molecule has 0 spiro atoms. The van der Waals surface area contributed by atoms with Gasteiger partial charge in [-0.3, -0.25) is 0 Å². The van der Waals surface area contributed by atoms with Crippen LogP contribution in [-0.4, -0.2) is 22.8 Å². The van der Waals surface area contributed by atoms with Crippen LogP contribution in [0.15, 0.2) is 28.7 Å². The molecular formula is C15H21ClN4O. The van der Waals surface area contributed by atoms with Crippen LogP contribution in [0.2, 0.25) is 0 Å². The van der Waals surface area contributed by atoms with Gasteiger partial charge in [-0.15, -0.1) is 17.5 Å². The Morgan fingerprint density at radius 2 is 2.10 bits per heavy atom. The Hall–Kier alpha value is -1.59. The van der Waals surface area contributed by atoms with E-state index in [0.717, 1.165) is 19.3 Å². The molecule has 0 amide bonds. The second-order valence-corrected chi connectivity index (χ2v) is 5.60. The molecule has 0 aliphatic heterocycles. The summed E-state index contributed by atoms with van der Waals surface area (Å²) in [6, 6.07) is 9.17. The fourth-order valence-corrected chi connectivity index (χ4v) is 2.46. The van der Waals surface area contributed by atoms with Gasteiger partial charge in [0, 0.05) is 5.54 Å². The van der Waals surface area contributed by atoms with Crippen LogP contribution < -0.4 is 10.6 Å². The summed E-state index contributed by atoms with van der Waals surface area (Å²) >= 11 is 0. The van der Waals surface area contributed by atoms with Gasteiger partial charge in [0.25, 0.3) is 0 Å². The van der Waals surface area contributed by atoms with Gasteiger partial charge in [0.2, 0.25) is 5.89 Å². The molecule has 0 atom stereocenters. The Balaban J connectivity index is 0.00000161. The number of nitrogens with zero attached hydrogens (tertiary/aromatic N) is 2. The van der Waals surface area contributed by atoms with E-state index in [1.807, 2.05) is 7.05 Å². The maximum atomic E-state index is 5.57. The molecule has 2 aromatic rings. The summed E-state index contributed by atoms with van der Waals surface area (Å²) in [5, 5.41) is 14.5. The van der Waals surface area contributed by atoms with Crippen molar-refractivity contribution in [3.8, 4) is 0 Å². The minimum Gasteiger partial charge on any atom is -0.407 e. The molecule has 2 N–H and O–H groups in total. The van der Waals surface area contributed by atoms with Crippen LogP contribution in [0.5, 0.6) is 0 Å². The lowest BCUT2D eigenvalue weighted by Gasteiger charge is -2.15. The van der Waals surface area contributed by atoms with Gasteiger partial charge in [0.15, 0.2) is 0 Å². The van der Waals surface area contributed by atoms with Crippen molar-refractivity contribution in [2.75, 3.05) is 12.4 Å². The molecule has 1 aliphatic rings. The van der Waals surface area contributed by atoms with E-state index in [4.69, 9.17) is 4.42 Å². The molecule has 0 bridgehead atoms. The summed E-state index contributed by atoms with van der Waals surface area (Å²) < 4.78 is 5.57. The first kappa shape index (κ1) is 15.8. The molecule has 1 fully saturated rings. The molecule has 1 aromatic heterocycles. The molecule has 5 nitrogen and oxygen atoms in total. The van der Waals surface area contributed by atoms with Crippen LogP contribution in [0.25, 0.3) is 0 Å². The van der Waals surface area contributed by atoms with Gasteiger partial charge in [-0.05, 0) is 38.8 Å². The molecule has 0 saturated heterocycles. The molecule has 1 aliphatic carbocycles. The number of nitrogens with one attached hydrogen (secondary N) is 2. The van der Waals surface area contributed by atoms with E-state index in [1.54, 1.807) is 0 Å². The van der Waals surface area contributed by atoms with Gasteiger partial charge >= 0.3 is 6.01 Å². The molecule has 1 saturated carbocycles. The molecule has 1 heterocycles. The highest BCUT2D eigenvalue weighted by atomic mass is 35.5. The van der Waals surface area contributed by atoms with Gasteiger partial charge < -0.3 is 15.1 Å². The number of halogens is 1. The predicted octanol–water partition coefficient (Wildman–Crippen LogP) is 2.71. The lowest BCUT2D eigenvalue weighted by molar-refractivity contribution is 0.482. The molecule has 21 heavy (non-hydrogen) atoms. The SMILES string of the molecule is CNCc1nnc(NC2(Cc3cccc(C)c3)CC2)o1.Cl. The molecular weight excluding hydrogens is 288 g/mol. The van der Waals surface area contributed by atoms with E-state index >= 15 is 0 Å². The third kappa shape index (κ3) is 3.95. The van der Waals surface area contributed by atoms with E-state index in [2.05, 4.69) is 52.0 Å². The first-order valence-electron chi connectivity index (χ1n) is 7.00. The van der Waals surface area contributed by atoms with Crippen molar-refractivity contribution >= 4 is 18.4 Å². The van der Waals surface area contributed by atoms with Crippen molar-refractivity contribution in [1.82, 2.24) is 15.5 Å². The molecule has 0 radical (unpaired) electrons. The van der Waals surface area contributed by atoms with Crippen LogP contribution in [0, 0.1) is 6.92 Å². The van der Waals surface area contributed by atoms with Crippen molar-refractivity contribution in [3.05, 3.63) is 41.3 Å². The van der Waals surface area contributed by atoms with Gasteiger partial charge in [-0.25, -0.2) is 0 Å². The highest BCUT2D eigenvalue weighted by Gasteiger charge is 2.43. The zero-order valence-electron chi connectivity index (χ0n) is 12.3. The minimum atomic E-state index is 0. The van der Waals surface area contributed by atoms with E-state index in [-0.39, 0.29) is 17.9 Å². The number of aromatic nitrogens is 2. The van der Waals surface area contributed by atoms with Crippen molar-refractivity contribution in [3.63, 3.8) is 0 Å². The minimum absolute atomic E-state index is 0. The lowest BCUT2D eigenvalue weighted by atomic mass is 10.0. The van der Waals surface area contributed by atoms with E-state index in [0.29, 0.717) is 18.5 Å². The maximum Gasteiger partial charge on any atom is 0.315 e. The number of hydrogen-bond acceptors (Lipinski definition) is 5. The summed E-state index contributed by atoms with van der Waals surface area (Å²) in [6.45, 7) is 2.72. The first-order chi connectivity index (χ1) is 9.69.